The molecule has 0 saturated heterocycles. The van der Waals surface area contributed by atoms with Crippen molar-refractivity contribution in [2.24, 2.45) is 0 Å². The predicted molar refractivity (Wildman–Crippen MR) is 87.2 cm³/mol. The Kier molecular flexibility index (Phi) is 4.79. The molecule has 0 spiro atoms. The number of ether oxygens (including phenoxy) is 2. The zero-order valence-electron chi connectivity index (χ0n) is 12.8. The summed E-state index contributed by atoms with van der Waals surface area (Å²) in [5.74, 6) is 1.92. The largest absolute Gasteiger partial charge is 0.463 e. The van der Waals surface area contributed by atoms with Crippen LogP contribution in [0.25, 0.3) is 0 Å². The molecule has 3 heteroatoms. The second kappa shape index (κ2) is 6.76. The van der Waals surface area contributed by atoms with Gasteiger partial charge in [-0.25, -0.2) is 0 Å². The summed E-state index contributed by atoms with van der Waals surface area (Å²) in [6, 6.07) is 14.1. The number of carbonyl (C=O) groups excluding carboxylic acids is 1. The Morgan fingerprint density at radius 3 is 2.14 bits per heavy atom. The van der Waals surface area contributed by atoms with Crippen LogP contribution in [0.3, 0.4) is 0 Å². The van der Waals surface area contributed by atoms with Crippen LogP contribution >= 0.6 is 0 Å². The number of hydrogen-bond donors (Lipinski definition) is 0. The van der Waals surface area contributed by atoms with E-state index in [-0.39, 0.29) is 5.78 Å². The van der Waals surface area contributed by atoms with Gasteiger partial charge in [0.2, 0.25) is 0 Å². The quantitative estimate of drug-likeness (QED) is 0.570. The van der Waals surface area contributed by atoms with Crippen molar-refractivity contribution < 1.29 is 14.3 Å². The molecule has 0 amide bonds. The second-order valence-electron chi connectivity index (χ2n) is 4.96. The maximum Gasteiger partial charge on any atom is 0.196 e. The molecule has 0 aliphatic rings. The summed E-state index contributed by atoms with van der Waals surface area (Å²) in [5, 5.41) is 0. The fourth-order valence-electron chi connectivity index (χ4n) is 1.97. The van der Waals surface area contributed by atoms with Crippen LogP contribution < -0.4 is 9.47 Å². The maximum atomic E-state index is 12.6. The van der Waals surface area contributed by atoms with Crippen molar-refractivity contribution in [1.82, 2.24) is 0 Å². The lowest BCUT2D eigenvalue weighted by Gasteiger charge is -2.13. The third-order valence-corrected chi connectivity index (χ3v) is 2.81. The molecule has 112 valence electrons. The van der Waals surface area contributed by atoms with Gasteiger partial charge in [-0.2, -0.15) is 0 Å². The Morgan fingerprint density at radius 2 is 1.55 bits per heavy atom. The van der Waals surface area contributed by atoms with Gasteiger partial charge >= 0.3 is 0 Å². The monoisotopic (exact) mass is 294 g/mol. The molecule has 0 aliphatic heterocycles. The van der Waals surface area contributed by atoms with E-state index in [9.17, 15) is 4.79 Å². The zero-order valence-corrected chi connectivity index (χ0v) is 12.8. The van der Waals surface area contributed by atoms with Crippen LogP contribution in [-0.4, -0.2) is 5.78 Å². The van der Waals surface area contributed by atoms with E-state index in [0.717, 1.165) is 0 Å². The second-order valence-corrected chi connectivity index (χ2v) is 4.96. The molecule has 0 fully saturated rings. The average molecular weight is 294 g/mol. The van der Waals surface area contributed by atoms with Crippen LogP contribution in [0.2, 0.25) is 0 Å². The summed E-state index contributed by atoms with van der Waals surface area (Å²) < 4.78 is 11.0. The van der Waals surface area contributed by atoms with Crippen molar-refractivity contribution in [3.8, 4) is 11.5 Å². The minimum Gasteiger partial charge on any atom is -0.463 e. The van der Waals surface area contributed by atoms with Gasteiger partial charge in [0.1, 0.15) is 11.5 Å². The Morgan fingerprint density at radius 1 is 0.909 bits per heavy atom. The van der Waals surface area contributed by atoms with Crippen molar-refractivity contribution in [2.45, 2.75) is 13.8 Å². The van der Waals surface area contributed by atoms with Crippen molar-refractivity contribution in [3.05, 3.63) is 84.3 Å². The first kappa shape index (κ1) is 15.6. The highest BCUT2D eigenvalue weighted by atomic mass is 16.5. The number of hydrogen-bond acceptors (Lipinski definition) is 3. The number of ketones is 1. The van der Waals surface area contributed by atoms with Gasteiger partial charge in [-0.3, -0.25) is 4.79 Å². The molecule has 0 unspecified atom stereocenters. The Labute approximate surface area is 130 Å². The van der Waals surface area contributed by atoms with Crippen molar-refractivity contribution in [1.29, 1.82) is 0 Å². The number of rotatable bonds is 6. The molecule has 3 nitrogen and oxygen atoms in total. The maximum absolute atomic E-state index is 12.6. The standard InChI is InChI=1S/C19H18O3/c1-13(2)21-16-10-11-17(18(12-16)22-14(3)4)19(20)15-8-6-5-7-9-15/h5-12H,1,3H2,2,4H3. The van der Waals surface area contributed by atoms with Gasteiger partial charge in [-0.15, -0.1) is 0 Å². The van der Waals surface area contributed by atoms with Crippen molar-refractivity contribution in [2.75, 3.05) is 0 Å². The molecule has 0 heterocycles. The first-order chi connectivity index (χ1) is 10.5. The molecule has 0 atom stereocenters. The first-order valence-corrected chi connectivity index (χ1v) is 6.88. The van der Waals surface area contributed by atoms with Crippen LogP contribution in [0, 0.1) is 0 Å². The lowest BCUT2D eigenvalue weighted by atomic mass is 10.0. The van der Waals surface area contributed by atoms with Crippen LogP contribution in [0.15, 0.2) is 73.2 Å². The Balaban J connectivity index is 2.43. The average Bonchev–Trinajstić information content (AvgIpc) is 2.46. The first-order valence-electron chi connectivity index (χ1n) is 6.88. The molecule has 0 aliphatic carbocycles. The molecule has 2 aromatic rings. The van der Waals surface area contributed by atoms with Gasteiger partial charge in [0.05, 0.1) is 17.1 Å². The summed E-state index contributed by atoms with van der Waals surface area (Å²) in [7, 11) is 0. The molecular formula is C19H18O3. The van der Waals surface area contributed by atoms with Crippen LogP contribution in [0.4, 0.5) is 0 Å². The molecule has 0 bridgehead atoms. The van der Waals surface area contributed by atoms with E-state index in [1.807, 2.05) is 18.2 Å². The summed E-state index contributed by atoms with van der Waals surface area (Å²) >= 11 is 0. The van der Waals surface area contributed by atoms with Crippen molar-refractivity contribution in [3.63, 3.8) is 0 Å². The summed E-state index contributed by atoms with van der Waals surface area (Å²) in [6.07, 6.45) is 0. The SMILES string of the molecule is C=C(C)Oc1ccc(C(=O)c2ccccc2)c(OC(=C)C)c1. The summed E-state index contributed by atoms with van der Waals surface area (Å²) in [5.41, 5.74) is 1.06. The predicted octanol–water partition coefficient (Wildman–Crippen LogP) is 4.74. The van der Waals surface area contributed by atoms with Gasteiger partial charge < -0.3 is 9.47 Å². The molecule has 0 saturated carbocycles. The number of allylic oxidation sites excluding steroid dienone is 2. The molecular weight excluding hydrogens is 276 g/mol. The van der Waals surface area contributed by atoms with E-state index in [0.29, 0.717) is 34.1 Å². The van der Waals surface area contributed by atoms with E-state index in [1.165, 1.54) is 0 Å². The van der Waals surface area contributed by atoms with E-state index in [1.54, 1.807) is 44.2 Å². The smallest absolute Gasteiger partial charge is 0.196 e. The highest BCUT2D eigenvalue weighted by Gasteiger charge is 2.16. The van der Waals surface area contributed by atoms with Gasteiger partial charge in [0.15, 0.2) is 5.78 Å². The van der Waals surface area contributed by atoms with Crippen molar-refractivity contribution >= 4 is 5.78 Å². The normalized spacial score (nSPS) is 9.91. The van der Waals surface area contributed by atoms with Gasteiger partial charge in [0, 0.05) is 11.6 Å². The Hall–Kier alpha value is -2.81. The minimum absolute atomic E-state index is 0.112. The fourth-order valence-corrected chi connectivity index (χ4v) is 1.97. The van der Waals surface area contributed by atoms with E-state index in [2.05, 4.69) is 13.2 Å². The van der Waals surface area contributed by atoms with Crippen LogP contribution in [-0.2, 0) is 0 Å². The fraction of sp³-hybridized carbons (Fsp3) is 0.105. The lowest BCUT2D eigenvalue weighted by Crippen LogP contribution is -2.05. The molecule has 0 aromatic heterocycles. The summed E-state index contributed by atoms with van der Waals surface area (Å²) in [4.78, 5) is 12.6. The zero-order chi connectivity index (χ0) is 16.1. The van der Waals surface area contributed by atoms with E-state index < -0.39 is 0 Å². The Bertz CT molecular complexity index is 715. The van der Waals surface area contributed by atoms with Gasteiger partial charge in [0.25, 0.3) is 0 Å². The van der Waals surface area contributed by atoms with E-state index in [4.69, 9.17) is 9.47 Å². The third-order valence-electron chi connectivity index (χ3n) is 2.81. The number of carbonyl (C=O) groups is 1. The van der Waals surface area contributed by atoms with Crippen LogP contribution in [0.5, 0.6) is 11.5 Å². The van der Waals surface area contributed by atoms with E-state index >= 15 is 0 Å². The number of benzene rings is 2. The van der Waals surface area contributed by atoms with Crippen LogP contribution in [0.1, 0.15) is 29.8 Å². The molecule has 2 rings (SSSR count). The molecule has 0 radical (unpaired) electrons. The molecule has 0 N–H and O–H groups in total. The molecule has 22 heavy (non-hydrogen) atoms. The molecule has 2 aromatic carbocycles. The van der Waals surface area contributed by atoms with Gasteiger partial charge in [-0.05, 0) is 26.0 Å². The topological polar surface area (TPSA) is 35.5 Å². The lowest BCUT2D eigenvalue weighted by molar-refractivity contribution is 0.103. The third kappa shape index (κ3) is 3.85. The highest BCUT2D eigenvalue weighted by molar-refractivity contribution is 6.10. The summed E-state index contributed by atoms with van der Waals surface area (Å²) in [6.45, 7) is 10.9. The van der Waals surface area contributed by atoms with Gasteiger partial charge in [-0.1, -0.05) is 43.5 Å². The minimum atomic E-state index is -0.112. The highest BCUT2D eigenvalue weighted by Crippen LogP contribution is 2.29.